The Hall–Kier alpha value is -2.19. The lowest BCUT2D eigenvalue weighted by Gasteiger charge is -2.35. The van der Waals surface area contributed by atoms with Gasteiger partial charge in [-0.05, 0) is 12.8 Å². The van der Waals surface area contributed by atoms with Crippen LogP contribution in [0.25, 0.3) is 11.3 Å². The smallest absolute Gasteiger partial charge is 0.266 e. The molecule has 0 radical (unpaired) electrons. The molecule has 0 spiro atoms. The third kappa shape index (κ3) is 3.19. The fourth-order valence-corrected chi connectivity index (χ4v) is 5.03. The highest BCUT2D eigenvalue weighted by molar-refractivity contribution is 7.90. The molecule has 2 fully saturated rings. The minimum absolute atomic E-state index is 0.180. The monoisotopic (exact) mass is 360 g/mol. The molecule has 2 aromatic rings. The van der Waals surface area contributed by atoms with Gasteiger partial charge in [0, 0.05) is 37.8 Å². The van der Waals surface area contributed by atoms with Crippen molar-refractivity contribution in [1.29, 1.82) is 0 Å². The third-order valence-corrected chi connectivity index (χ3v) is 7.12. The van der Waals surface area contributed by atoms with Crippen LogP contribution in [-0.2, 0) is 10.0 Å². The summed E-state index contributed by atoms with van der Waals surface area (Å²) in [6.45, 7) is 1.99. The molecule has 7 nitrogen and oxygen atoms in total. The molecule has 1 aliphatic heterocycles. The summed E-state index contributed by atoms with van der Waals surface area (Å²) in [5, 5.41) is 6.53. The van der Waals surface area contributed by atoms with Gasteiger partial charge in [-0.1, -0.05) is 30.3 Å². The largest absolute Gasteiger partial charge is 0.367 e. The van der Waals surface area contributed by atoms with E-state index in [1.54, 1.807) is 10.4 Å². The molecule has 25 heavy (non-hydrogen) atoms. The van der Waals surface area contributed by atoms with Crippen LogP contribution in [0.3, 0.4) is 0 Å². The molecule has 1 aliphatic carbocycles. The van der Waals surface area contributed by atoms with Crippen LogP contribution in [0, 0.1) is 0 Å². The average Bonchev–Trinajstić information content (AvgIpc) is 3.48. The van der Waals surface area contributed by atoms with Crippen molar-refractivity contribution in [3.05, 3.63) is 46.8 Å². The van der Waals surface area contributed by atoms with Crippen LogP contribution in [0.1, 0.15) is 12.8 Å². The number of nitrogens with one attached hydrogen (secondary N) is 1. The Morgan fingerprint density at radius 2 is 1.72 bits per heavy atom. The van der Waals surface area contributed by atoms with E-state index in [-0.39, 0.29) is 10.8 Å². The molecule has 0 unspecified atom stereocenters. The molecule has 0 atom stereocenters. The lowest BCUT2D eigenvalue weighted by Crippen LogP contribution is -2.50. The number of aromatic amines is 1. The Labute approximate surface area is 146 Å². The summed E-state index contributed by atoms with van der Waals surface area (Å²) in [5.41, 5.74) is 2.11. The maximum absolute atomic E-state index is 12.4. The summed E-state index contributed by atoms with van der Waals surface area (Å²) in [5.74, 6) is 0. The molecule has 4 rings (SSSR count). The fraction of sp³-hybridized carbons (Fsp3) is 0.412. The molecular formula is C17H20N4O3S. The van der Waals surface area contributed by atoms with E-state index in [4.69, 9.17) is 0 Å². The lowest BCUT2D eigenvalue weighted by molar-refractivity contribution is 0.384. The number of rotatable bonds is 4. The standard InChI is InChI=1S/C17H20N4O3S/c22-16-12-15(17(19-18-16)13-4-2-1-3-5-13)20-8-10-21(11-9-20)25(23,24)14-6-7-14/h1-5,12,14H,6-11H2,(H,18,22). The van der Waals surface area contributed by atoms with Crippen LogP contribution in [0.5, 0.6) is 0 Å². The van der Waals surface area contributed by atoms with Crippen molar-refractivity contribution in [2.75, 3.05) is 31.1 Å². The quantitative estimate of drug-likeness (QED) is 0.881. The van der Waals surface area contributed by atoms with Crippen molar-refractivity contribution in [2.24, 2.45) is 0 Å². The van der Waals surface area contributed by atoms with E-state index in [0.717, 1.165) is 24.1 Å². The fourth-order valence-electron chi connectivity index (χ4n) is 3.20. The molecule has 1 saturated heterocycles. The SMILES string of the molecule is O=c1cc(N2CCN(S(=O)(=O)C3CC3)CC2)c(-c2ccccc2)n[nH]1. The minimum atomic E-state index is -3.14. The highest BCUT2D eigenvalue weighted by atomic mass is 32.2. The Morgan fingerprint density at radius 1 is 1.04 bits per heavy atom. The van der Waals surface area contributed by atoms with Gasteiger partial charge in [-0.15, -0.1) is 0 Å². The number of hydrogen-bond acceptors (Lipinski definition) is 5. The lowest BCUT2D eigenvalue weighted by atomic mass is 10.1. The molecule has 0 amide bonds. The van der Waals surface area contributed by atoms with E-state index in [0.29, 0.717) is 31.9 Å². The van der Waals surface area contributed by atoms with Gasteiger partial charge in [0.25, 0.3) is 5.56 Å². The zero-order valence-electron chi connectivity index (χ0n) is 13.8. The van der Waals surface area contributed by atoms with Crippen molar-refractivity contribution >= 4 is 15.7 Å². The second kappa shape index (κ2) is 6.27. The predicted octanol–water partition coefficient (Wildman–Crippen LogP) is 1.05. The van der Waals surface area contributed by atoms with Gasteiger partial charge in [0.1, 0.15) is 5.69 Å². The van der Waals surface area contributed by atoms with Gasteiger partial charge in [0.05, 0.1) is 10.9 Å². The number of sulfonamides is 1. The normalized spacial score (nSPS) is 19.1. The van der Waals surface area contributed by atoms with Crippen LogP contribution >= 0.6 is 0 Å². The van der Waals surface area contributed by atoms with Crippen molar-refractivity contribution in [2.45, 2.75) is 18.1 Å². The van der Waals surface area contributed by atoms with E-state index < -0.39 is 10.0 Å². The Kier molecular flexibility index (Phi) is 4.09. The minimum Gasteiger partial charge on any atom is -0.367 e. The number of aromatic nitrogens is 2. The average molecular weight is 360 g/mol. The molecule has 2 heterocycles. The van der Waals surface area contributed by atoms with Crippen LogP contribution < -0.4 is 10.5 Å². The van der Waals surface area contributed by atoms with E-state index in [1.165, 1.54) is 0 Å². The van der Waals surface area contributed by atoms with E-state index >= 15 is 0 Å². The van der Waals surface area contributed by atoms with Gasteiger partial charge in [-0.3, -0.25) is 4.79 Å². The third-order valence-electron chi connectivity index (χ3n) is 4.72. The van der Waals surface area contributed by atoms with Crippen LogP contribution in [0.2, 0.25) is 0 Å². The zero-order valence-corrected chi connectivity index (χ0v) is 14.6. The summed E-state index contributed by atoms with van der Waals surface area (Å²) in [4.78, 5) is 13.8. The van der Waals surface area contributed by atoms with Crippen molar-refractivity contribution in [3.63, 3.8) is 0 Å². The number of anilines is 1. The Morgan fingerprint density at radius 3 is 2.36 bits per heavy atom. The van der Waals surface area contributed by atoms with Gasteiger partial charge < -0.3 is 4.90 Å². The maximum Gasteiger partial charge on any atom is 0.266 e. The van der Waals surface area contributed by atoms with Gasteiger partial charge in [-0.2, -0.15) is 9.40 Å². The van der Waals surface area contributed by atoms with E-state index in [1.807, 2.05) is 35.2 Å². The van der Waals surface area contributed by atoms with Crippen LogP contribution in [-0.4, -0.2) is 54.3 Å². The maximum atomic E-state index is 12.4. The van der Waals surface area contributed by atoms with E-state index in [2.05, 4.69) is 10.2 Å². The molecule has 8 heteroatoms. The zero-order chi connectivity index (χ0) is 17.4. The molecule has 1 aromatic carbocycles. The predicted molar refractivity (Wildman–Crippen MR) is 96.0 cm³/mol. The highest BCUT2D eigenvalue weighted by Gasteiger charge is 2.41. The second-order valence-electron chi connectivity index (χ2n) is 6.46. The van der Waals surface area contributed by atoms with Gasteiger partial charge in [0.15, 0.2) is 0 Å². The summed E-state index contributed by atoms with van der Waals surface area (Å²) >= 11 is 0. The van der Waals surface area contributed by atoms with Gasteiger partial charge in [0.2, 0.25) is 10.0 Å². The summed E-state index contributed by atoms with van der Waals surface area (Å²) < 4.78 is 26.3. The van der Waals surface area contributed by atoms with Crippen molar-refractivity contribution in [3.8, 4) is 11.3 Å². The first-order valence-electron chi connectivity index (χ1n) is 8.45. The number of nitrogens with zero attached hydrogens (tertiary/aromatic N) is 3. The molecule has 0 bridgehead atoms. The van der Waals surface area contributed by atoms with Gasteiger partial charge in [-0.25, -0.2) is 13.5 Å². The summed E-state index contributed by atoms with van der Waals surface area (Å²) in [7, 11) is -3.14. The Balaban J connectivity index is 1.59. The first-order valence-corrected chi connectivity index (χ1v) is 9.95. The molecule has 132 valence electrons. The van der Waals surface area contributed by atoms with Crippen molar-refractivity contribution in [1.82, 2.24) is 14.5 Å². The topological polar surface area (TPSA) is 86.4 Å². The number of benzene rings is 1. The number of H-pyrrole nitrogens is 1. The first-order chi connectivity index (χ1) is 12.1. The first kappa shape index (κ1) is 16.3. The molecule has 2 aliphatic rings. The summed E-state index contributed by atoms with van der Waals surface area (Å²) in [6, 6.07) is 11.2. The molecule has 1 aromatic heterocycles. The summed E-state index contributed by atoms with van der Waals surface area (Å²) in [6.07, 6.45) is 1.55. The van der Waals surface area contributed by atoms with Crippen LogP contribution in [0.4, 0.5) is 5.69 Å². The second-order valence-corrected chi connectivity index (χ2v) is 8.68. The van der Waals surface area contributed by atoms with Crippen LogP contribution in [0.15, 0.2) is 41.2 Å². The number of hydrogen-bond donors (Lipinski definition) is 1. The number of piperazine rings is 1. The molecule has 1 saturated carbocycles. The molecular weight excluding hydrogens is 340 g/mol. The van der Waals surface area contributed by atoms with Gasteiger partial charge >= 0.3 is 0 Å². The Bertz CT molecular complexity index is 914. The molecule has 1 N–H and O–H groups in total. The highest BCUT2D eigenvalue weighted by Crippen LogP contribution is 2.33. The van der Waals surface area contributed by atoms with Crippen molar-refractivity contribution < 1.29 is 8.42 Å². The van der Waals surface area contributed by atoms with E-state index in [9.17, 15) is 13.2 Å².